The summed E-state index contributed by atoms with van der Waals surface area (Å²) in [7, 11) is 2.38. The summed E-state index contributed by atoms with van der Waals surface area (Å²) >= 11 is 0. The average molecular weight is 390 g/mol. The first-order valence-electron chi connectivity index (χ1n) is 9.14. The smallest absolute Gasteiger partial charge is 0.305 e. The average Bonchev–Trinajstić information content (AvgIpc) is 2.75. The van der Waals surface area contributed by atoms with Crippen molar-refractivity contribution < 1.29 is 23.8 Å². The molecule has 0 aliphatic carbocycles. The second-order valence-electron chi connectivity index (χ2n) is 5.63. The Balaban J connectivity index is 0.000000483. The SMILES string of the molecule is C/C=C\COCc1ccccc1.CO.COC(=O)CCCc1ccc(F)cc1. The number of hydrogen-bond acceptors (Lipinski definition) is 4. The second-order valence-corrected chi connectivity index (χ2v) is 5.63. The van der Waals surface area contributed by atoms with Gasteiger partial charge in [0.15, 0.2) is 0 Å². The van der Waals surface area contributed by atoms with Crippen molar-refractivity contribution in [2.75, 3.05) is 20.8 Å². The molecule has 0 aliphatic heterocycles. The maximum atomic E-state index is 12.5. The van der Waals surface area contributed by atoms with E-state index in [-0.39, 0.29) is 11.8 Å². The third-order valence-corrected chi connectivity index (χ3v) is 3.55. The van der Waals surface area contributed by atoms with Gasteiger partial charge in [0.2, 0.25) is 0 Å². The number of esters is 1. The Kier molecular flexibility index (Phi) is 16.3. The number of hydrogen-bond donors (Lipinski definition) is 1. The molecule has 154 valence electrons. The normalized spacial score (nSPS) is 9.75. The molecule has 0 heterocycles. The highest BCUT2D eigenvalue weighted by Crippen LogP contribution is 2.07. The van der Waals surface area contributed by atoms with E-state index in [0.717, 1.165) is 25.5 Å². The van der Waals surface area contributed by atoms with E-state index in [2.05, 4.69) is 16.9 Å². The Hall–Kier alpha value is -2.50. The number of aliphatic hydroxyl groups is 1. The fourth-order valence-electron chi connectivity index (χ4n) is 2.11. The molecular formula is C23H31FO4. The van der Waals surface area contributed by atoms with Crippen LogP contribution in [-0.4, -0.2) is 31.9 Å². The van der Waals surface area contributed by atoms with Crippen molar-refractivity contribution in [2.45, 2.75) is 32.8 Å². The Labute approximate surface area is 167 Å². The minimum absolute atomic E-state index is 0.202. The molecule has 0 bridgehead atoms. The van der Waals surface area contributed by atoms with Crippen LogP contribution in [0.25, 0.3) is 0 Å². The molecule has 0 aliphatic rings. The van der Waals surface area contributed by atoms with Gasteiger partial charge in [-0.1, -0.05) is 54.6 Å². The van der Waals surface area contributed by atoms with E-state index in [9.17, 15) is 9.18 Å². The highest BCUT2D eigenvalue weighted by molar-refractivity contribution is 5.69. The topological polar surface area (TPSA) is 55.8 Å². The van der Waals surface area contributed by atoms with Crippen molar-refractivity contribution in [3.8, 4) is 0 Å². The lowest BCUT2D eigenvalue weighted by Crippen LogP contribution is -2.00. The number of aryl methyl sites for hydroxylation is 1. The minimum atomic E-state index is -0.235. The van der Waals surface area contributed by atoms with Crippen LogP contribution < -0.4 is 0 Å². The molecule has 0 saturated carbocycles. The minimum Gasteiger partial charge on any atom is -0.469 e. The van der Waals surface area contributed by atoms with Crippen molar-refractivity contribution in [3.63, 3.8) is 0 Å². The molecule has 0 fully saturated rings. The van der Waals surface area contributed by atoms with Crippen LogP contribution in [0.5, 0.6) is 0 Å². The van der Waals surface area contributed by atoms with Gasteiger partial charge in [-0.2, -0.15) is 0 Å². The fraction of sp³-hybridized carbons (Fsp3) is 0.348. The molecule has 28 heavy (non-hydrogen) atoms. The number of rotatable bonds is 8. The van der Waals surface area contributed by atoms with Crippen LogP contribution in [0.1, 0.15) is 30.9 Å². The highest BCUT2D eigenvalue weighted by atomic mass is 19.1. The first-order valence-corrected chi connectivity index (χ1v) is 9.14. The van der Waals surface area contributed by atoms with Gasteiger partial charge in [0.05, 0.1) is 20.3 Å². The predicted molar refractivity (Wildman–Crippen MR) is 110 cm³/mol. The molecule has 2 aromatic rings. The van der Waals surface area contributed by atoms with Crippen molar-refractivity contribution in [1.29, 1.82) is 0 Å². The second kappa shape index (κ2) is 17.9. The third-order valence-electron chi connectivity index (χ3n) is 3.55. The Morgan fingerprint density at radius 3 is 2.25 bits per heavy atom. The van der Waals surface area contributed by atoms with E-state index in [1.54, 1.807) is 12.1 Å². The molecule has 0 saturated heterocycles. The number of methoxy groups -OCH3 is 1. The van der Waals surface area contributed by atoms with Crippen LogP contribution in [0.15, 0.2) is 66.7 Å². The van der Waals surface area contributed by atoms with E-state index >= 15 is 0 Å². The molecule has 0 aromatic heterocycles. The lowest BCUT2D eigenvalue weighted by molar-refractivity contribution is -0.140. The molecular weight excluding hydrogens is 359 g/mol. The molecule has 0 unspecified atom stereocenters. The number of aliphatic hydroxyl groups excluding tert-OH is 1. The molecule has 5 heteroatoms. The standard InChI is InChI=1S/C11H13FO2.C11H14O.CH4O/c1-14-11(13)4-2-3-9-5-7-10(12)8-6-9;1-2-3-9-12-10-11-7-5-4-6-8-11;1-2/h5-8H,2-4H2,1H3;2-8H,9-10H2,1H3;2H,1H3/b;3-2-;. The molecule has 0 radical (unpaired) electrons. The number of benzene rings is 2. The van der Waals surface area contributed by atoms with Crippen molar-refractivity contribution in [2.24, 2.45) is 0 Å². The summed E-state index contributed by atoms with van der Waals surface area (Å²) in [6.07, 6.45) is 5.91. The molecule has 0 atom stereocenters. The number of ether oxygens (including phenoxy) is 2. The Morgan fingerprint density at radius 1 is 1.04 bits per heavy atom. The van der Waals surface area contributed by atoms with Gasteiger partial charge in [0, 0.05) is 13.5 Å². The van der Waals surface area contributed by atoms with Gasteiger partial charge in [-0.05, 0) is 43.0 Å². The number of halogens is 1. The Bertz CT molecular complexity index is 639. The predicted octanol–water partition coefficient (Wildman–Crippen LogP) is 4.71. The van der Waals surface area contributed by atoms with Gasteiger partial charge in [-0.3, -0.25) is 4.79 Å². The first kappa shape index (κ1) is 25.5. The molecule has 4 nitrogen and oxygen atoms in total. The summed E-state index contributed by atoms with van der Waals surface area (Å²) in [5.41, 5.74) is 2.26. The van der Waals surface area contributed by atoms with Gasteiger partial charge in [0.1, 0.15) is 5.82 Å². The highest BCUT2D eigenvalue weighted by Gasteiger charge is 2.00. The van der Waals surface area contributed by atoms with E-state index in [4.69, 9.17) is 9.84 Å². The number of carbonyl (C=O) groups excluding carboxylic acids is 1. The van der Waals surface area contributed by atoms with Gasteiger partial charge in [-0.25, -0.2) is 4.39 Å². The molecule has 2 rings (SSSR count). The summed E-state index contributed by atoms with van der Waals surface area (Å²) in [5, 5.41) is 7.00. The third kappa shape index (κ3) is 13.7. The zero-order chi connectivity index (χ0) is 21.0. The largest absolute Gasteiger partial charge is 0.469 e. The molecule has 0 spiro atoms. The summed E-state index contributed by atoms with van der Waals surface area (Å²) in [6.45, 7) is 3.39. The number of allylic oxidation sites excluding steroid dienone is 1. The lowest BCUT2D eigenvalue weighted by atomic mass is 10.1. The summed E-state index contributed by atoms with van der Waals surface area (Å²) in [5.74, 6) is -0.436. The summed E-state index contributed by atoms with van der Waals surface area (Å²) in [4.78, 5) is 10.8. The van der Waals surface area contributed by atoms with Crippen LogP contribution >= 0.6 is 0 Å². The quantitative estimate of drug-likeness (QED) is 0.403. The van der Waals surface area contributed by atoms with Gasteiger partial charge in [-0.15, -0.1) is 0 Å². The van der Waals surface area contributed by atoms with Crippen LogP contribution in [0.4, 0.5) is 4.39 Å². The summed E-state index contributed by atoms with van der Waals surface area (Å²) < 4.78 is 22.4. The Morgan fingerprint density at radius 2 is 1.68 bits per heavy atom. The number of carbonyl (C=O) groups is 1. The molecule has 2 aromatic carbocycles. The van der Waals surface area contributed by atoms with Gasteiger partial charge in [0.25, 0.3) is 0 Å². The van der Waals surface area contributed by atoms with E-state index in [0.29, 0.717) is 19.6 Å². The maximum Gasteiger partial charge on any atom is 0.305 e. The van der Waals surface area contributed by atoms with Crippen LogP contribution in [-0.2, 0) is 27.3 Å². The molecule has 0 amide bonds. The maximum absolute atomic E-state index is 12.5. The van der Waals surface area contributed by atoms with E-state index in [1.165, 1.54) is 24.8 Å². The van der Waals surface area contributed by atoms with E-state index < -0.39 is 0 Å². The van der Waals surface area contributed by atoms with Crippen molar-refractivity contribution in [1.82, 2.24) is 0 Å². The van der Waals surface area contributed by atoms with Crippen molar-refractivity contribution >= 4 is 5.97 Å². The van der Waals surface area contributed by atoms with Gasteiger partial charge < -0.3 is 14.6 Å². The zero-order valence-electron chi connectivity index (χ0n) is 16.9. The van der Waals surface area contributed by atoms with Crippen molar-refractivity contribution in [3.05, 3.63) is 83.7 Å². The fourth-order valence-corrected chi connectivity index (χ4v) is 2.11. The van der Waals surface area contributed by atoms with Crippen LogP contribution in [0, 0.1) is 5.82 Å². The first-order chi connectivity index (χ1) is 13.7. The van der Waals surface area contributed by atoms with E-state index in [1.807, 2.05) is 37.3 Å². The molecule has 1 N–H and O–H groups in total. The van der Waals surface area contributed by atoms with Gasteiger partial charge >= 0.3 is 5.97 Å². The van der Waals surface area contributed by atoms with Crippen LogP contribution in [0.3, 0.4) is 0 Å². The zero-order valence-corrected chi connectivity index (χ0v) is 16.9. The lowest BCUT2D eigenvalue weighted by Gasteiger charge is -2.00. The van der Waals surface area contributed by atoms with Crippen LogP contribution in [0.2, 0.25) is 0 Å². The monoisotopic (exact) mass is 390 g/mol. The summed E-state index contributed by atoms with van der Waals surface area (Å²) in [6, 6.07) is 16.5.